The van der Waals surface area contributed by atoms with Gasteiger partial charge in [-0.25, -0.2) is 0 Å². The molecular weight excluding hydrogens is 242 g/mol. The normalized spacial score (nSPS) is 27.1. The van der Waals surface area contributed by atoms with Gasteiger partial charge in [0.2, 0.25) is 5.91 Å². The summed E-state index contributed by atoms with van der Waals surface area (Å²) >= 11 is 0. The van der Waals surface area contributed by atoms with E-state index < -0.39 is 0 Å². The highest BCUT2D eigenvalue weighted by molar-refractivity contribution is 5.82. The first-order chi connectivity index (χ1) is 9.15. The van der Waals surface area contributed by atoms with E-state index >= 15 is 0 Å². The predicted molar refractivity (Wildman–Crippen MR) is 72.5 cm³/mol. The number of nitrogens with one attached hydrogen (secondary N) is 1. The lowest BCUT2D eigenvalue weighted by Crippen LogP contribution is -2.44. The van der Waals surface area contributed by atoms with Crippen LogP contribution in [0, 0.1) is 5.92 Å². The van der Waals surface area contributed by atoms with E-state index in [-0.39, 0.29) is 23.6 Å². The quantitative estimate of drug-likeness (QED) is 0.540. The molecule has 2 atom stereocenters. The van der Waals surface area contributed by atoms with E-state index in [1.807, 2.05) is 6.07 Å². The molecule has 1 aromatic rings. The molecule has 2 unspecified atom stereocenters. The van der Waals surface area contributed by atoms with E-state index in [0.717, 1.165) is 24.9 Å². The van der Waals surface area contributed by atoms with Crippen molar-refractivity contribution in [2.45, 2.75) is 25.4 Å². The van der Waals surface area contributed by atoms with Gasteiger partial charge in [-0.15, -0.1) is 0 Å². The van der Waals surface area contributed by atoms with Crippen LogP contribution in [0.25, 0.3) is 0 Å². The van der Waals surface area contributed by atoms with Crippen LogP contribution >= 0.6 is 0 Å². The van der Waals surface area contributed by atoms with Gasteiger partial charge >= 0.3 is 0 Å². The van der Waals surface area contributed by atoms with E-state index in [9.17, 15) is 9.90 Å². The zero-order chi connectivity index (χ0) is 13.4. The maximum Gasteiger partial charge on any atom is 0.224 e. The molecule has 4 N–H and O–H groups in total. The molecule has 1 amide bonds. The van der Waals surface area contributed by atoms with Crippen LogP contribution in [0.5, 0.6) is 5.75 Å². The summed E-state index contributed by atoms with van der Waals surface area (Å²) in [4.78, 5) is 14.0. The molecule has 0 aromatic heterocycles. The smallest absolute Gasteiger partial charge is 0.224 e. The maximum absolute atomic E-state index is 11.7. The third kappa shape index (κ3) is 2.26. The number of aromatic hydroxyl groups is 1. The Bertz CT molecular complexity index is 503. The Balaban J connectivity index is 1.79. The second-order valence-corrected chi connectivity index (χ2v) is 5.42. The van der Waals surface area contributed by atoms with Crippen molar-refractivity contribution < 1.29 is 9.90 Å². The summed E-state index contributed by atoms with van der Waals surface area (Å²) in [6, 6.07) is 5.38. The van der Waals surface area contributed by atoms with Gasteiger partial charge in [-0.05, 0) is 37.6 Å². The number of hydrogen-bond donors (Lipinski definition) is 3. The number of phenolic OH excluding ortho intramolecular Hbond substituents is 1. The van der Waals surface area contributed by atoms with Crippen LogP contribution in [0.1, 0.15) is 18.4 Å². The van der Waals surface area contributed by atoms with Crippen molar-refractivity contribution in [1.82, 2.24) is 10.2 Å². The van der Waals surface area contributed by atoms with Gasteiger partial charge in [-0.2, -0.15) is 0 Å². The average molecular weight is 261 g/mol. The largest absolute Gasteiger partial charge is 0.508 e. The minimum absolute atomic E-state index is 0.108. The Morgan fingerprint density at radius 1 is 1.47 bits per heavy atom. The lowest BCUT2D eigenvalue weighted by molar-refractivity contribution is -0.124. The van der Waals surface area contributed by atoms with Gasteiger partial charge in [0.05, 0.1) is 5.92 Å². The molecule has 2 fully saturated rings. The zero-order valence-corrected chi connectivity index (χ0v) is 10.8. The molecule has 0 radical (unpaired) electrons. The third-order valence-corrected chi connectivity index (χ3v) is 4.19. The Kier molecular flexibility index (Phi) is 3.06. The number of nitrogen functional groups attached to an aromatic ring is 1. The summed E-state index contributed by atoms with van der Waals surface area (Å²) in [7, 11) is 0. The second kappa shape index (κ2) is 4.74. The van der Waals surface area contributed by atoms with E-state index in [0.29, 0.717) is 18.8 Å². The molecule has 0 saturated carbocycles. The number of carbonyl (C=O) groups is 1. The highest BCUT2D eigenvalue weighted by atomic mass is 16.3. The number of amides is 1. The van der Waals surface area contributed by atoms with Crippen LogP contribution in [0.4, 0.5) is 5.69 Å². The van der Waals surface area contributed by atoms with Crippen molar-refractivity contribution in [2.75, 3.05) is 18.8 Å². The standard InChI is InChI=1S/C14H19N3O2/c15-10-3-4-13(18)9(6-10)8-17-5-1-2-11-12(17)7-16-14(11)19/h3-4,6,11-12,18H,1-2,5,7-8,15H2,(H,16,19). The minimum atomic E-state index is 0.108. The van der Waals surface area contributed by atoms with E-state index in [2.05, 4.69) is 10.2 Å². The fourth-order valence-corrected chi connectivity index (χ4v) is 3.19. The highest BCUT2D eigenvalue weighted by Gasteiger charge is 2.40. The number of fused-ring (bicyclic) bond motifs is 1. The number of benzene rings is 1. The summed E-state index contributed by atoms with van der Waals surface area (Å²) in [6.45, 7) is 2.32. The topological polar surface area (TPSA) is 78.6 Å². The molecular formula is C14H19N3O2. The number of carbonyl (C=O) groups excluding carboxylic acids is 1. The minimum Gasteiger partial charge on any atom is -0.508 e. The number of likely N-dealkylation sites (tertiary alicyclic amines) is 1. The molecule has 2 aliphatic heterocycles. The molecule has 2 heterocycles. The van der Waals surface area contributed by atoms with Crippen LogP contribution in [0.15, 0.2) is 18.2 Å². The Labute approximate surface area is 112 Å². The third-order valence-electron chi connectivity index (χ3n) is 4.19. The number of hydrogen-bond acceptors (Lipinski definition) is 4. The molecule has 102 valence electrons. The molecule has 0 bridgehead atoms. The van der Waals surface area contributed by atoms with Crippen molar-refractivity contribution in [2.24, 2.45) is 5.92 Å². The fraction of sp³-hybridized carbons (Fsp3) is 0.500. The molecule has 2 aliphatic rings. The number of anilines is 1. The summed E-state index contributed by atoms with van der Waals surface area (Å²) in [5.74, 6) is 0.553. The SMILES string of the molecule is Nc1ccc(O)c(CN2CCCC3C(=O)NCC32)c1. The van der Waals surface area contributed by atoms with Gasteiger partial charge < -0.3 is 16.2 Å². The second-order valence-electron chi connectivity index (χ2n) is 5.42. The van der Waals surface area contributed by atoms with Crippen molar-refractivity contribution in [1.29, 1.82) is 0 Å². The first-order valence-electron chi connectivity index (χ1n) is 6.74. The van der Waals surface area contributed by atoms with E-state index in [1.165, 1.54) is 0 Å². The van der Waals surface area contributed by atoms with Gasteiger partial charge in [0, 0.05) is 30.4 Å². The predicted octanol–water partition coefficient (Wildman–Crippen LogP) is 0.685. The van der Waals surface area contributed by atoms with Crippen molar-refractivity contribution in [3.05, 3.63) is 23.8 Å². The maximum atomic E-state index is 11.7. The average Bonchev–Trinajstić information content (AvgIpc) is 2.77. The number of phenols is 1. The van der Waals surface area contributed by atoms with Gasteiger partial charge in [0.25, 0.3) is 0 Å². The van der Waals surface area contributed by atoms with Crippen LogP contribution in [0.3, 0.4) is 0 Å². The van der Waals surface area contributed by atoms with Gasteiger partial charge in [0.15, 0.2) is 0 Å². The molecule has 19 heavy (non-hydrogen) atoms. The number of piperidine rings is 1. The number of rotatable bonds is 2. The summed E-state index contributed by atoms with van der Waals surface area (Å²) in [6.07, 6.45) is 1.99. The van der Waals surface area contributed by atoms with Crippen molar-refractivity contribution in [3.63, 3.8) is 0 Å². The first kappa shape index (κ1) is 12.3. The summed E-state index contributed by atoms with van der Waals surface area (Å²) < 4.78 is 0. The molecule has 5 heteroatoms. The Hall–Kier alpha value is -1.75. The van der Waals surface area contributed by atoms with Crippen LogP contribution in [-0.2, 0) is 11.3 Å². The highest BCUT2D eigenvalue weighted by Crippen LogP contribution is 2.30. The fourth-order valence-electron chi connectivity index (χ4n) is 3.19. The molecule has 0 spiro atoms. The number of nitrogens with zero attached hydrogens (tertiary/aromatic N) is 1. The van der Waals surface area contributed by atoms with E-state index in [4.69, 9.17) is 5.73 Å². The van der Waals surface area contributed by atoms with Gasteiger partial charge in [-0.3, -0.25) is 9.69 Å². The monoisotopic (exact) mass is 261 g/mol. The first-order valence-corrected chi connectivity index (χ1v) is 6.74. The van der Waals surface area contributed by atoms with Gasteiger partial charge in [-0.1, -0.05) is 0 Å². The Morgan fingerprint density at radius 3 is 3.16 bits per heavy atom. The van der Waals surface area contributed by atoms with Crippen LogP contribution in [0.2, 0.25) is 0 Å². The van der Waals surface area contributed by atoms with Crippen molar-refractivity contribution >= 4 is 11.6 Å². The molecule has 1 aromatic carbocycles. The molecule has 2 saturated heterocycles. The van der Waals surface area contributed by atoms with Crippen LogP contribution in [-0.4, -0.2) is 35.0 Å². The molecule has 3 rings (SSSR count). The van der Waals surface area contributed by atoms with Gasteiger partial charge in [0.1, 0.15) is 5.75 Å². The number of nitrogens with two attached hydrogens (primary N) is 1. The van der Waals surface area contributed by atoms with Crippen molar-refractivity contribution in [3.8, 4) is 5.75 Å². The zero-order valence-electron chi connectivity index (χ0n) is 10.8. The lowest BCUT2D eigenvalue weighted by atomic mass is 9.91. The summed E-state index contributed by atoms with van der Waals surface area (Å²) in [5.41, 5.74) is 7.25. The van der Waals surface area contributed by atoms with Crippen LogP contribution < -0.4 is 11.1 Å². The molecule has 0 aliphatic carbocycles. The van der Waals surface area contributed by atoms with E-state index in [1.54, 1.807) is 12.1 Å². The Morgan fingerprint density at radius 2 is 2.32 bits per heavy atom. The molecule has 5 nitrogen and oxygen atoms in total. The summed E-state index contributed by atoms with van der Waals surface area (Å²) in [5, 5.41) is 12.8. The lowest BCUT2D eigenvalue weighted by Gasteiger charge is -2.36.